The Bertz CT molecular complexity index is 161. The molecule has 0 heterocycles. The highest BCUT2D eigenvalue weighted by molar-refractivity contribution is 7.57. The molecule has 0 aliphatic heterocycles. The van der Waals surface area contributed by atoms with Gasteiger partial charge in [-0.25, -0.2) is 0 Å². The number of nitrogens with zero attached hydrogens (tertiary/aromatic N) is 1. The molecule has 0 aromatic heterocycles. The zero-order valence-corrected chi connectivity index (χ0v) is 6.27. The minimum absolute atomic E-state index is 0.139. The summed E-state index contributed by atoms with van der Waals surface area (Å²) in [5.41, 5.74) is 0. The summed E-state index contributed by atoms with van der Waals surface area (Å²) in [7, 11) is -2.91. The Labute approximate surface area is 54.8 Å². The lowest BCUT2D eigenvalue weighted by atomic mass is 10.6. The highest BCUT2D eigenvalue weighted by Crippen LogP contribution is 2.39. The summed E-state index contributed by atoms with van der Waals surface area (Å²) in [5, 5.41) is 8.04. The van der Waals surface area contributed by atoms with Gasteiger partial charge in [-0.05, 0) is 0 Å². The molecule has 1 unspecified atom stereocenters. The van der Waals surface area contributed by atoms with E-state index in [2.05, 4.69) is 0 Å². The molecule has 0 fully saturated rings. The second-order valence-electron chi connectivity index (χ2n) is 1.79. The van der Waals surface area contributed by atoms with Crippen LogP contribution in [-0.4, -0.2) is 17.2 Å². The summed E-state index contributed by atoms with van der Waals surface area (Å²) in [6, 6.07) is 1.83. The first-order valence-corrected chi connectivity index (χ1v) is 4.83. The van der Waals surface area contributed by atoms with Crippen LogP contribution in [0.1, 0.15) is 13.3 Å². The average Bonchev–Trinajstić information content (AvgIpc) is 1.84. The van der Waals surface area contributed by atoms with E-state index in [0.717, 1.165) is 0 Å². The molecule has 0 radical (unpaired) electrons. The lowest BCUT2D eigenvalue weighted by Crippen LogP contribution is -1.89. The Morgan fingerprint density at radius 1 is 1.78 bits per heavy atom. The van der Waals surface area contributed by atoms with E-state index in [1.165, 1.54) is 0 Å². The minimum Gasteiger partial charge on any atom is -0.344 e. The molecule has 0 rings (SSSR count). The molecule has 0 aliphatic rings. The van der Waals surface area contributed by atoms with Crippen LogP contribution in [0.5, 0.6) is 0 Å². The van der Waals surface area contributed by atoms with Gasteiger partial charge in [0.05, 0.1) is 6.07 Å². The maximum Gasteiger partial charge on any atom is 0.201 e. The van der Waals surface area contributed by atoms with Crippen LogP contribution in [0.15, 0.2) is 0 Å². The van der Waals surface area contributed by atoms with Crippen molar-refractivity contribution in [3.8, 4) is 6.07 Å². The Balaban J connectivity index is 3.63. The van der Waals surface area contributed by atoms with Crippen molar-refractivity contribution in [1.82, 2.24) is 0 Å². The monoisotopic (exact) mass is 147 g/mol. The summed E-state index contributed by atoms with van der Waals surface area (Å²) in [6.45, 7) is 1.65. The van der Waals surface area contributed by atoms with Gasteiger partial charge in [-0.3, -0.25) is 4.57 Å². The lowest BCUT2D eigenvalue weighted by molar-refractivity contribution is 0.479. The minimum atomic E-state index is -2.91. The Hall–Kier alpha value is -0.320. The molecule has 1 N–H and O–H groups in total. The summed E-state index contributed by atoms with van der Waals surface area (Å²) < 4.78 is 10.7. The second-order valence-corrected chi connectivity index (χ2v) is 4.57. The number of nitriles is 1. The number of rotatable bonds is 3. The van der Waals surface area contributed by atoms with Gasteiger partial charge in [-0.1, -0.05) is 6.92 Å². The summed E-state index contributed by atoms with van der Waals surface area (Å²) >= 11 is 0. The van der Waals surface area contributed by atoms with Gasteiger partial charge in [0.25, 0.3) is 0 Å². The molecule has 0 saturated carbocycles. The topological polar surface area (TPSA) is 61.1 Å². The summed E-state index contributed by atoms with van der Waals surface area (Å²) in [5.74, 6) is 0. The molecule has 4 heteroatoms. The van der Waals surface area contributed by atoms with Gasteiger partial charge in [0, 0.05) is 18.7 Å². The fourth-order valence-electron chi connectivity index (χ4n) is 0.383. The normalized spacial score (nSPS) is 16.1. The molecule has 0 aliphatic carbocycles. The van der Waals surface area contributed by atoms with Crippen LogP contribution in [0, 0.1) is 11.3 Å². The summed E-state index contributed by atoms with van der Waals surface area (Å²) in [6.07, 6.45) is 0.594. The smallest absolute Gasteiger partial charge is 0.201 e. The van der Waals surface area contributed by atoms with Crippen molar-refractivity contribution in [1.29, 1.82) is 5.26 Å². The third kappa shape index (κ3) is 4.20. The maximum absolute atomic E-state index is 10.7. The molecule has 0 spiro atoms. The third-order valence-corrected chi connectivity index (χ3v) is 2.98. The molecule has 0 aromatic carbocycles. The van der Waals surface area contributed by atoms with E-state index < -0.39 is 7.37 Å². The zero-order chi connectivity index (χ0) is 7.33. The molecule has 52 valence electrons. The predicted molar refractivity (Wildman–Crippen MR) is 35.5 cm³/mol. The molecule has 9 heavy (non-hydrogen) atoms. The van der Waals surface area contributed by atoms with Crippen LogP contribution in [0.4, 0.5) is 0 Å². The lowest BCUT2D eigenvalue weighted by Gasteiger charge is -2.03. The standard InChI is InChI=1S/C5H10NO2P/c1-2-9(7,8)5-3-4-6/h2-3,5H2,1H3,(H,7,8). The Kier molecular flexibility index (Phi) is 3.53. The van der Waals surface area contributed by atoms with Gasteiger partial charge in [-0.15, -0.1) is 0 Å². The molecule has 0 aromatic rings. The fraction of sp³-hybridized carbons (Fsp3) is 0.800. The van der Waals surface area contributed by atoms with Gasteiger partial charge < -0.3 is 4.89 Å². The molecule has 0 saturated heterocycles. The van der Waals surface area contributed by atoms with E-state index >= 15 is 0 Å². The van der Waals surface area contributed by atoms with Gasteiger partial charge in [0.1, 0.15) is 0 Å². The van der Waals surface area contributed by atoms with Gasteiger partial charge >= 0.3 is 0 Å². The highest BCUT2D eigenvalue weighted by atomic mass is 31.2. The van der Waals surface area contributed by atoms with E-state index in [1.807, 2.05) is 6.07 Å². The van der Waals surface area contributed by atoms with E-state index in [9.17, 15) is 4.57 Å². The van der Waals surface area contributed by atoms with Crippen molar-refractivity contribution in [2.24, 2.45) is 0 Å². The van der Waals surface area contributed by atoms with Crippen LogP contribution >= 0.6 is 7.37 Å². The quantitative estimate of drug-likeness (QED) is 0.610. The predicted octanol–water partition coefficient (Wildman–Crippen LogP) is 1.19. The van der Waals surface area contributed by atoms with Crippen molar-refractivity contribution < 1.29 is 9.46 Å². The molecular formula is C5H10NO2P. The molecule has 0 bridgehead atoms. The Morgan fingerprint density at radius 2 is 2.33 bits per heavy atom. The first-order chi connectivity index (χ1) is 4.12. The first kappa shape index (κ1) is 8.68. The maximum atomic E-state index is 10.7. The van der Waals surface area contributed by atoms with Crippen LogP contribution in [0.3, 0.4) is 0 Å². The first-order valence-electron chi connectivity index (χ1n) is 2.80. The van der Waals surface area contributed by atoms with E-state index in [-0.39, 0.29) is 18.7 Å². The van der Waals surface area contributed by atoms with Gasteiger partial charge in [-0.2, -0.15) is 5.26 Å². The molecule has 3 nitrogen and oxygen atoms in total. The summed E-state index contributed by atoms with van der Waals surface area (Å²) in [4.78, 5) is 8.86. The third-order valence-electron chi connectivity index (χ3n) is 1.07. The van der Waals surface area contributed by atoms with Crippen molar-refractivity contribution in [2.45, 2.75) is 13.3 Å². The van der Waals surface area contributed by atoms with Crippen LogP contribution < -0.4 is 0 Å². The van der Waals surface area contributed by atoms with E-state index in [1.54, 1.807) is 6.92 Å². The van der Waals surface area contributed by atoms with E-state index in [4.69, 9.17) is 10.2 Å². The Morgan fingerprint density at radius 3 is 2.67 bits per heavy atom. The van der Waals surface area contributed by atoms with Crippen LogP contribution in [0.25, 0.3) is 0 Å². The van der Waals surface area contributed by atoms with Crippen molar-refractivity contribution in [2.75, 3.05) is 12.3 Å². The van der Waals surface area contributed by atoms with Gasteiger partial charge in [0.2, 0.25) is 7.37 Å². The van der Waals surface area contributed by atoms with Crippen LogP contribution in [-0.2, 0) is 4.57 Å². The van der Waals surface area contributed by atoms with Crippen LogP contribution in [0.2, 0.25) is 0 Å². The van der Waals surface area contributed by atoms with Crippen molar-refractivity contribution in [3.63, 3.8) is 0 Å². The number of hydrogen-bond donors (Lipinski definition) is 1. The fourth-order valence-corrected chi connectivity index (χ4v) is 1.15. The van der Waals surface area contributed by atoms with E-state index in [0.29, 0.717) is 0 Å². The van der Waals surface area contributed by atoms with Gasteiger partial charge in [0.15, 0.2) is 0 Å². The molecular weight excluding hydrogens is 137 g/mol. The average molecular weight is 147 g/mol. The molecule has 1 atom stereocenters. The highest BCUT2D eigenvalue weighted by Gasteiger charge is 2.12. The van der Waals surface area contributed by atoms with Crippen molar-refractivity contribution in [3.05, 3.63) is 0 Å². The largest absolute Gasteiger partial charge is 0.344 e. The zero-order valence-electron chi connectivity index (χ0n) is 5.37. The number of hydrogen-bond acceptors (Lipinski definition) is 2. The SMILES string of the molecule is CCP(=O)(O)CCC#N. The molecule has 0 amide bonds. The van der Waals surface area contributed by atoms with Crippen molar-refractivity contribution >= 4 is 7.37 Å². The second kappa shape index (κ2) is 3.66.